The predicted octanol–water partition coefficient (Wildman–Crippen LogP) is 1.88. The summed E-state index contributed by atoms with van der Waals surface area (Å²) >= 11 is 6.29. The van der Waals surface area contributed by atoms with Gasteiger partial charge in [-0.05, 0) is 37.0 Å². The highest BCUT2D eigenvalue weighted by atomic mass is 127. The van der Waals surface area contributed by atoms with Crippen LogP contribution in [0, 0.1) is 0 Å². The SMILES string of the molecule is CN=C(NCCc1ccc(OC)cc1Cl)NC1CCN(CC(=O)NC)CC1.I. The molecule has 0 aromatic heterocycles. The van der Waals surface area contributed by atoms with Gasteiger partial charge in [0.15, 0.2) is 5.96 Å². The standard InChI is InChI=1S/C19H30ClN5O2.HI/c1-21-18(26)13-25-10-7-15(8-11-25)24-19(22-2)23-9-6-14-4-5-16(27-3)12-17(14)20;/h4-5,12,15H,6-11,13H2,1-3H3,(H,21,26)(H2,22,23,24);1H. The van der Waals surface area contributed by atoms with Gasteiger partial charge in [-0.2, -0.15) is 0 Å². The van der Waals surface area contributed by atoms with E-state index in [1.165, 1.54) is 0 Å². The first-order chi connectivity index (χ1) is 13.0. The van der Waals surface area contributed by atoms with Gasteiger partial charge in [-0.25, -0.2) is 0 Å². The molecule has 7 nitrogen and oxygen atoms in total. The van der Waals surface area contributed by atoms with E-state index in [4.69, 9.17) is 16.3 Å². The van der Waals surface area contributed by atoms with Gasteiger partial charge in [-0.1, -0.05) is 17.7 Å². The number of amides is 1. The van der Waals surface area contributed by atoms with Crippen molar-refractivity contribution in [1.29, 1.82) is 0 Å². The Labute approximate surface area is 189 Å². The second-order valence-corrected chi connectivity index (χ2v) is 6.98. The summed E-state index contributed by atoms with van der Waals surface area (Å²) in [5, 5.41) is 10.2. The fourth-order valence-electron chi connectivity index (χ4n) is 3.08. The molecule has 1 aromatic carbocycles. The molecule has 1 amide bonds. The van der Waals surface area contributed by atoms with Gasteiger partial charge in [0, 0.05) is 44.8 Å². The summed E-state index contributed by atoms with van der Waals surface area (Å²) in [5.74, 6) is 1.62. The number of rotatable bonds is 7. The predicted molar refractivity (Wildman–Crippen MR) is 125 cm³/mol. The molecule has 0 radical (unpaired) electrons. The van der Waals surface area contributed by atoms with E-state index in [0.29, 0.717) is 17.6 Å². The largest absolute Gasteiger partial charge is 0.497 e. The zero-order chi connectivity index (χ0) is 19.6. The Bertz CT molecular complexity index is 651. The zero-order valence-corrected chi connectivity index (χ0v) is 19.8. The lowest BCUT2D eigenvalue weighted by atomic mass is 10.1. The molecular weight excluding hydrogens is 493 g/mol. The fraction of sp³-hybridized carbons (Fsp3) is 0.579. The van der Waals surface area contributed by atoms with Crippen molar-refractivity contribution in [3.8, 4) is 5.75 Å². The summed E-state index contributed by atoms with van der Waals surface area (Å²) in [6, 6.07) is 6.10. The number of aliphatic imine (C=N–C) groups is 1. The van der Waals surface area contributed by atoms with Crippen LogP contribution in [0.5, 0.6) is 5.75 Å². The van der Waals surface area contributed by atoms with Crippen LogP contribution in [0.25, 0.3) is 0 Å². The van der Waals surface area contributed by atoms with E-state index in [1.54, 1.807) is 21.2 Å². The molecule has 0 atom stereocenters. The lowest BCUT2D eigenvalue weighted by Gasteiger charge is -2.32. The van der Waals surface area contributed by atoms with Crippen LogP contribution in [-0.2, 0) is 11.2 Å². The van der Waals surface area contributed by atoms with Crippen molar-refractivity contribution in [3.05, 3.63) is 28.8 Å². The van der Waals surface area contributed by atoms with Crippen molar-refractivity contribution >= 4 is 47.4 Å². The van der Waals surface area contributed by atoms with Crippen molar-refractivity contribution in [2.24, 2.45) is 4.99 Å². The first kappa shape index (κ1) is 24.8. The maximum Gasteiger partial charge on any atom is 0.233 e. The Balaban J connectivity index is 0.00000392. The number of methoxy groups -OCH3 is 1. The van der Waals surface area contributed by atoms with E-state index in [0.717, 1.165) is 56.2 Å². The third-order valence-corrected chi connectivity index (χ3v) is 5.10. The highest BCUT2D eigenvalue weighted by Gasteiger charge is 2.21. The van der Waals surface area contributed by atoms with Crippen molar-refractivity contribution < 1.29 is 9.53 Å². The van der Waals surface area contributed by atoms with Gasteiger partial charge in [-0.15, -0.1) is 24.0 Å². The number of likely N-dealkylation sites (N-methyl/N-ethyl adjacent to an activating group) is 1. The normalized spacial score (nSPS) is 15.5. The lowest BCUT2D eigenvalue weighted by Crippen LogP contribution is -2.50. The quantitative estimate of drug-likeness (QED) is 0.289. The number of nitrogens with one attached hydrogen (secondary N) is 3. The topological polar surface area (TPSA) is 78.0 Å². The fourth-order valence-corrected chi connectivity index (χ4v) is 3.34. The Morgan fingerprint density at radius 2 is 2.07 bits per heavy atom. The Hall–Kier alpha value is -1.26. The molecule has 1 aliphatic rings. The number of halogens is 2. The molecule has 1 aliphatic heterocycles. The van der Waals surface area contributed by atoms with Crippen LogP contribution in [-0.4, -0.2) is 70.2 Å². The number of carbonyl (C=O) groups is 1. The molecule has 1 heterocycles. The summed E-state index contributed by atoms with van der Waals surface area (Å²) in [7, 11) is 5.08. The van der Waals surface area contributed by atoms with E-state index < -0.39 is 0 Å². The number of hydrogen-bond acceptors (Lipinski definition) is 4. The van der Waals surface area contributed by atoms with Crippen molar-refractivity contribution in [2.75, 3.05) is 47.4 Å². The minimum Gasteiger partial charge on any atom is -0.497 e. The van der Waals surface area contributed by atoms with Gasteiger partial charge < -0.3 is 20.7 Å². The first-order valence-electron chi connectivity index (χ1n) is 9.28. The third-order valence-electron chi connectivity index (χ3n) is 4.75. The highest BCUT2D eigenvalue weighted by Crippen LogP contribution is 2.22. The molecule has 0 saturated carbocycles. The van der Waals surface area contributed by atoms with Gasteiger partial charge >= 0.3 is 0 Å². The molecule has 3 N–H and O–H groups in total. The first-order valence-corrected chi connectivity index (χ1v) is 9.66. The van der Waals surface area contributed by atoms with E-state index in [9.17, 15) is 4.79 Å². The van der Waals surface area contributed by atoms with Gasteiger partial charge in [0.25, 0.3) is 0 Å². The van der Waals surface area contributed by atoms with Gasteiger partial charge in [0.05, 0.1) is 13.7 Å². The van der Waals surface area contributed by atoms with Crippen LogP contribution in [0.2, 0.25) is 5.02 Å². The molecule has 2 rings (SSSR count). The van der Waals surface area contributed by atoms with Gasteiger partial charge in [-0.3, -0.25) is 14.7 Å². The molecule has 1 aromatic rings. The van der Waals surface area contributed by atoms with E-state index >= 15 is 0 Å². The molecule has 9 heteroatoms. The number of likely N-dealkylation sites (tertiary alicyclic amines) is 1. The number of hydrogen-bond donors (Lipinski definition) is 3. The number of carbonyl (C=O) groups excluding carboxylic acids is 1. The minimum absolute atomic E-state index is 0. The molecular formula is C19H31ClIN5O2. The summed E-state index contributed by atoms with van der Waals surface area (Å²) in [5.41, 5.74) is 1.07. The van der Waals surface area contributed by atoms with E-state index in [-0.39, 0.29) is 29.9 Å². The number of piperidine rings is 1. The summed E-state index contributed by atoms with van der Waals surface area (Å²) in [6.07, 6.45) is 2.78. The molecule has 28 heavy (non-hydrogen) atoms. The van der Waals surface area contributed by atoms with Crippen LogP contribution in [0.15, 0.2) is 23.2 Å². The Kier molecular flexibility index (Phi) is 11.6. The van der Waals surface area contributed by atoms with E-state index in [1.807, 2.05) is 18.2 Å². The smallest absolute Gasteiger partial charge is 0.233 e. The van der Waals surface area contributed by atoms with Crippen molar-refractivity contribution in [1.82, 2.24) is 20.9 Å². The van der Waals surface area contributed by atoms with Crippen LogP contribution < -0.4 is 20.7 Å². The van der Waals surface area contributed by atoms with Crippen LogP contribution >= 0.6 is 35.6 Å². The molecule has 0 bridgehead atoms. The highest BCUT2D eigenvalue weighted by molar-refractivity contribution is 14.0. The van der Waals surface area contributed by atoms with Crippen LogP contribution in [0.3, 0.4) is 0 Å². The van der Waals surface area contributed by atoms with Crippen LogP contribution in [0.1, 0.15) is 18.4 Å². The van der Waals surface area contributed by atoms with E-state index in [2.05, 4.69) is 25.8 Å². The molecule has 0 spiro atoms. The summed E-state index contributed by atoms with van der Waals surface area (Å²) < 4.78 is 5.17. The lowest BCUT2D eigenvalue weighted by molar-refractivity contribution is -0.122. The van der Waals surface area contributed by atoms with Gasteiger partial charge in [0.2, 0.25) is 5.91 Å². The molecule has 0 aliphatic carbocycles. The number of guanidine groups is 1. The van der Waals surface area contributed by atoms with Gasteiger partial charge in [0.1, 0.15) is 5.75 Å². The van der Waals surface area contributed by atoms with Crippen LogP contribution in [0.4, 0.5) is 0 Å². The number of nitrogens with zero attached hydrogens (tertiary/aromatic N) is 2. The third kappa shape index (κ3) is 8.00. The summed E-state index contributed by atoms with van der Waals surface area (Å²) in [4.78, 5) is 18.0. The maximum absolute atomic E-state index is 11.5. The minimum atomic E-state index is 0. The second-order valence-electron chi connectivity index (χ2n) is 6.57. The number of benzene rings is 1. The van der Waals surface area contributed by atoms with Crippen molar-refractivity contribution in [2.45, 2.75) is 25.3 Å². The average Bonchev–Trinajstić information content (AvgIpc) is 2.69. The summed E-state index contributed by atoms with van der Waals surface area (Å²) in [6.45, 7) is 3.02. The second kappa shape index (κ2) is 13.1. The molecule has 0 unspecified atom stereocenters. The molecule has 1 saturated heterocycles. The maximum atomic E-state index is 11.5. The Morgan fingerprint density at radius 1 is 1.36 bits per heavy atom. The number of ether oxygens (including phenoxy) is 1. The Morgan fingerprint density at radius 3 is 2.64 bits per heavy atom. The molecule has 158 valence electrons. The zero-order valence-electron chi connectivity index (χ0n) is 16.8. The van der Waals surface area contributed by atoms with Crippen molar-refractivity contribution in [3.63, 3.8) is 0 Å². The average molecular weight is 524 g/mol. The monoisotopic (exact) mass is 523 g/mol. The molecule has 1 fully saturated rings.